The van der Waals surface area contributed by atoms with Crippen molar-refractivity contribution in [2.45, 2.75) is 25.4 Å². The lowest BCUT2D eigenvalue weighted by molar-refractivity contribution is -0.140. The van der Waals surface area contributed by atoms with Crippen LogP contribution < -0.4 is 4.74 Å². The number of carbonyl (C=O) groups excluding carboxylic acids is 2. The lowest BCUT2D eigenvalue weighted by atomic mass is 9.94. The Morgan fingerprint density at radius 2 is 1.90 bits per heavy atom. The van der Waals surface area contributed by atoms with Gasteiger partial charge in [0.1, 0.15) is 17.3 Å². The second kappa shape index (κ2) is 7.80. The predicted octanol–water partition coefficient (Wildman–Crippen LogP) is 4.23. The number of rotatable bonds is 4. The molecule has 2 aliphatic rings. The molecule has 1 amide bonds. The molecule has 6 nitrogen and oxygen atoms in total. The van der Waals surface area contributed by atoms with Gasteiger partial charge in [-0.3, -0.25) is 9.59 Å². The number of Topliss-reactive ketones (excluding diaryl/α,β-unsaturated/α-hetero) is 1. The summed E-state index contributed by atoms with van der Waals surface area (Å²) in [5.41, 5.74) is 2.31. The van der Waals surface area contributed by atoms with Gasteiger partial charge in [-0.05, 0) is 54.3 Å². The molecule has 1 aromatic heterocycles. The van der Waals surface area contributed by atoms with E-state index in [0.29, 0.717) is 17.9 Å². The van der Waals surface area contributed by atoms with E-state index in [1.807, 2.05) is 36.4 Å². The van der Waals surface area contributed by atoms with Crippen LogP contribution in [0.4, 0.5) is 0 Å². The molecule has 1 unspecified atom stereocenters. The zero-order chi connectivity index (χ0) is 21.4. The first-order chi connectivity index (χ1) is 15.1. The topological polar surface area (TPSA) is 80.0 Å². The number of ether oxygens (including phenoxy) is 1. The van der Waals surface area contributed by atoms with E-state index in [9.17, 15) is 14.7 Å². The first-order valence-corrected chi connectivity index (χ1v) is 10.3. The van der Waals surface area contributed by atoms with Crippen LogP contribution in [0.15, 0.2) is 76.9 Å². The van der Waals surface area contributed by atoms with Gasteiger partial charge in [-0.15, -0.1) is 0 Å². The third-order valence-corrected chi connectivity index (χ3v) is 5.74. The standard InChI is InChI=1S/C25H21NO5/c27-23(18-10-11-20-17(14-18)8-4-13-31-20)21-22(16-6-2-1-3-7-16)26(25(29)24(21)28)15-19-9-5-12-30-19/h1-3,5-7,9-12,14,22,27H,4,8,13,15H2/b23-21-. The number of nitrogens with zero attached hydrogens (tertiary/aromatic N) is 1. The lowest BCUT2D eigenvalue weighted by Crippen LogP contribution is -2.29. The summed E-state index contributed by atoms with van der Waals surface area (Å²) in [4.78, 5) is 27.5. The first-order valence-electron chi connectivity index (χ1n) is 10.3. The molecule has 0 saturated carbocycles. The van der Waals surface area contributed by atoms with Crippen molar-refractivity contribution >= 4 is 17.4 Å². The van der Waals surface area contributed by atoms with Crippen molar-refractivity contribution in [2.75, 3.05) is 6.61 Å². The molecule has 5 rings (SSSR count). The van der Waals surface area contributed by atoms with E-state index in [1.165, 1.54) is 11.2 Å². The minimum atomic E-state index is -0.710. The van der Waals surface area contributed by atoms with Crippen molar-refractivity contribution in [3.8, 4) is 5.75 Å². The Balaban J connectivity index is 1.63. The SMILES string of the molecule is O=C1C(=O)N(Cc2ccco2)C(c2ccccc2)/C1=C(/O)c1ccc2c(c1)CCCO2. The van der Waals surface area contributed by atoms with Gasteiger partial charge in [0, 0.05) is 5.56 Å². The van der Waals surface area contributed by atoms with E-state index >= 15 is 0 Å². The summed E-state index contributed by atoms with van der Waals surface area (Å²) in [5.74, 6) is -0.183. The molecule has 0 spiro atoms. The minimum Gasteiger partial charge on any atom is -0.507 e. The highest BCUT2D eigenvalue weighted by Crippen LogP contribution is 2.41. The van der Waals surface area contributed by atoms with Crippen molar-refractivity contribution in [2.24, 2.45) is 0 Å². The summed E-state index contributed by atoms with van der Waals surface area (Å²) in [7, 11) is 0. The van der Waals surface area contributed by atoms with Gasteiger partial charge in [0.05, 0.1) is 31.0 Å². The van der Waals surface area contributed by atoms with Crippen molar-refractivity contribution in [1.29, 1.82) is 0 Å². The highest BCUT2D eigenvalue weighted by molar-refractivity contribution is 6.46. The van der Waals surface area contributed by atoms with E-state index < -0.39 is 17.7 Å². The summed E-state index contributed by atoms with van der Waals surface area (Å²) < 4.78 is 11.1. The molecule has 6 heteroatoms. The van der Waals surface area contributed by atoms with E-state index in [0.717, 1.165) is 29.7 Å². The molecule has 1 fully saturated rings. The summed E-state index contributed by atoms with van der Waals surface area (Å²) in [6.45, 7) is 0.802. The monoisotopic (exact) mass is 415 g/mol. The van der Waals surface area contributed by atoms with Crippen LogP contribution in [0, 0.1) is 0 Å². The van der Waals surface area contributed by atoms with E-state index in [1.54, 1.807) is 24.3 Å². The van der Waals surface area contributed by atoms with Crippen molar-refractivity contribution in [3.63, 3.8) is 0 Å². The Hall–Kier alpha value is -3.80. The molecule has 156 valence electrons. The number of amides is 1. The molecular weight excluding hydrogens is 394 g/mol. The third-order valence-electron chi connectivity index (χ3n) is 5.74. The maximum atomic E-state index is 13.1. The highest BCUT2D eigenvalue weighted by atomic mass is 16.5. The number of aliphatic hydroxyl groups is 1. The van der Waals surface area contributed by atoms with Crippen molar-refractivity contribution in [1.82, 2.24) is 4.90 Å². The van der Waals surface area contributed by atoms with Crippen LogP contribution in [0.5, 0.6) is 5.75 Å². The normalized spacial score (nSPS) is 19.9. The number of hydrogen-bond acceptors (Lipinski definition) is 5. The van der Waals surface area contributed by atoms with Crippen LogP contribution in [-0.2, 0) is 22.6 Å². The third kappa shape index (κ3) is 3.40. The van der Waals surface area contributed by atoms with Crippen LogP contribution in [0.25, 0.3) is 5.76 Å². The summed E-state index contributed by atoms with van der Waals surface area (Å²) >= 11 is 0. The van der Waals surface area contributed by atoms with E-state index in [4.69, 9.17) is 9.15 Å². The number of aryl methyl sites for hydroxylation is 1. The lowest BCUT2D eigenvalue weighted by Gasteiger charge is -2.24. The molecule has 3 heterocycles. The van der Waals surface area contributed by atoms with Crippen LogP contribution >= 0.6 is 0 Å². The molecule has 0 radical (unpaired) electrons. The Labute approximate surface area is 179 Å². The molecule has 1 N–H and O–H groups in total. The van der Waals surface area contributed by atoms with Crippen molar-refractivity contribution < 1.29 is 23.8 Å². The van der Waals surface area contributed by atoms with Gasteiger partial charge in [0.2, 0.25) is 0 Å². The van der Waals surface area contributed by atoms with E-state index in [-0.39, 0.29) is 17.9 Å². The quantitative estimate of drug-likeness (QED) is 0.392. The maximum absolute atomic E-state index is 13.1. The number of benzene rings is 2. The summed E-state index contributed by atoms with van der Waals surface area (Å²) in [6, 6.07) is 17.4. The second-order valence-electron chi connectivity index (χ2n) is 7.69. The van der Waals surface area contributed by atoms with Crippen LogP contribution in [0.3, 0.4) is 0 Å². The molecule has 0 bridgehead atoms. The van der Waals surface area contributed by atoms with Gasteiger partial charge in [0.25, 0.3) is 11.7 Å². The number of furan rings is 1. The molecular formula is C25H21NO5. The summed E-state index contributed by atoms with van der Waals surface area (Å²) in [6.07, 6.45) is 3.26. The fourth-order valence-corrected chi connectivity index (χ4v) is 4.26. The molecule has 1 atom stereocenters. The number of ketones is 1. The van der Waals surface area contributed by atoms with Gasteiger partial charge in [0.15, 0.2) is 0 Å². The maximum Gasteiger partial charge on any atom is 0.296 e. The zero-order valence-corrected chi connectivity index (χ0v) is 16.8. The Bertz CT molecular complexity index is 1160. The summed E-state index contributed by atoms with van der Waals surface area (Å²) in [5, 5.41) is 11.2. The Morgan fingerprint density at radius 3 is 2.68 bits per heavy atom. The number of aliphatic hydroxyl groups excluding tert-OH is 1. The van der Waals surface area contributed by atoms with Gasteiger partial charge in [-0.25, -0.2) is 0 Å². The molecule has 3 aromatic rings. The molecule has 2 aliphatic heterocycles. The molecule has 0 aliphatic carbocycles. The average molecular weight is 415 g/mol. The Morgan fingerprint density at radius 1 is 1.06 bits per heavy atom. The van der Waals surface area contributed by atoms with Gasteiger partial charge >= 0.3 is 0 Å². The fourth-order valence-electron chi connectivity index (χ4n) is 4.26. The van der Waals surface area contributed by atoms with Crippen LogP contribution in [0.1, 0.15) is 34.9 Å². The van der Waals surface area contributed by atoms with Crippen molar-refractivity contribution in [3.05, 3.63) is 95.0 Å². The number of carbonyl (C=O) groups is 2. The highest BCUT2D eigenvalue weighted by Gasteiger charge is 2.46. The van der Waals surface area contributed by atoms with E-state index in [2.05, 4.69) is 0 Å². The van der Waals surface area contributed by atoms with Gasteiger partial charge in [-0.2, -0.15) is 0 Å². The van der Waals surface area contributed by atoms with Gasteiger partial charge in [-0.1, -0.05) is 30.3 Å². The Kier molecular flexibility index (Phi) is 4.82. The van der Waals surface area contributed by atoms with Crippen LogP contribution in [0.2, 0.25) is 0 Å². The second-order valence-corrected chi connectivity index (χ2v) is 7.69. The molecule has 2 aromatic carbocycles. The predicted molar refractivity (Wildman–Crippen MR) is 113 cm³/mol. The molecule has 31 heavy (non-hydrogen) atoms. The number of fused-ring (bicyclic) bond motifs is 1. The average Bonchev–Trinajstić information content (AvgIpc) is 3.41. The first kappa shape index (κ1) is 19.2. The smallest absolute Gasteiger partial charge is 0.296 e. The largest absolute Gasteiger partial charge is 0.507 e. The minimum absolute atomic E-state index is 0.0828. The fraction of sp³-hybridized carbons (Fsp3) is 0.200. The number of likely N-dealkylation sites (tertiary alicyclic amines) is 1. The number of hydrogen-bond donors (Lipinski definition) is 1. The van der Waals surface area contributed by atoms with Crippen LogP contribution in [-0.4, -0.2) is 28.3 Å². The zero-order valence-electron chi connectivity index (χ0n) is 16.8. The molecule has 1 saturated heterocycles. The van der Waals surface area contributed by atoms with Gasteiger partial charge < -0.3 is 19.2 Å².